The SMILES string of the molecule is Cc1cccc(NC(=O)N(C)Cc2cccc3c2CN(C2CCC(=O)CC2=O)C3=O)c1. The number of nitrogens with one attached hydrogen (secondary N) is 1. The number of benzene rings is 2. The van der Waals surface area contributed by atoms with Crippen LogP contribution in [-0.2, 0) is 22.7 Å². The first-order valence-corrected chi connectivity index (χ1v) is 10.4. The number of ketones is 2. The smallest absolute Gasteiger partial charge is 0.321 e. The Kier molecular flexibility index (Phi) is 5.59. The maximum absolute atomic E-state index is 13.0. The molecular formula is C24H25N3O4. The minimum absolute atomic E-state index is 0.0626. The highest BCUT2D eigenvalue weighted by molar-refractivity contribution is 6.07. The monoisotopic (exact) mass is 419 g/mol. The van der Waals surface area contributed by atoms with Crippen LogP contribution in [0.5, 0.6) is 0 Å². The van der Waals surface area contributed by atoms with Gasteiger partial charge >= 0.3 is 6.03 Å². The van der Waals surface area contributed by atoms with Gasteiger partial charge in [0.1, 0.15) is 5.78 Å². The van der Waals surface area contributed by atoms with E-state index in [4.69, 9.17) is 0 Å². The topological polar surface area (TPSA) is 86.8 Å². The van der Waals surface area contributed by atoms with Crippen molar-refractivity contribution in [3.63, 3.8) is 0 Å². The first kappa shape index (κ1) is 20.8. The fraction of sp³-hybridized carbons (Fsp3) is 0.333. The lowest BCUT2D eigenvalue weighted by Gasteiger charge is -2.29. The summed E-state index contributed by atoms with van der Waals surface area (Å²) in [6, 6.07) is 12.2. The van der Waals surface area contributed by atoms with E-state index in [0.717, 1.165) is 22.4 Å². The zero-order chi connectivity index (χ0) is 22.1. The van der Waals surface area contributed by atoms with Crippen LogP contribution in [0.4, 0.5) is 10.5 Å². The fourth-order valence-corrected chi connectivity index (χ4v) is 4.28. The lowest BCUT2D eigenvalue weighted by atomic mass is 9.92. The van der Waals surface area contributed by atoms with Crippen molar-refractivity contribution in [3.8, 4) is 0 Å². The summed E-state index contributed by atoms with van der Waals surface area (Å²) in [5, 5.41) is 2.88. The summed E-state index contributed by atoms with van der Waals surface area (Å²) >= 11 is 0. The number of nitrogens with zero attached hydrogens (tertiary/aromatic N) is 2. The summed E-state index contributed by atoms with van der Waals surface area (Å²) < 4.78 is 0. The number of hydrogen-bond donors (Lipinski definition) is 1. The van der Waals surface area contributed by atoms with Gasteiger partial charge < -0.3 is 15.1 Å². The van der Waals surface area contributed by atoms with Gasteiger partial charge in [0.05, 0.1) is 12.5 Å². The quantitative estimate of drug-likeness (QED) is 0.771. The molecule has 2 aromatic carbocycles. The Morgan fingerprint density at radius 2 is 1.94 bits per heavy atom. The molecule has 0 radical (unpaired) electrons. The van der Waals surface area contributed by atoms with Crippen molar-refractivity contribution in [1.29, 1.82) is 0 Å². The average molecular weight is 419 g/mol. The normalized spacial score (nSPS) is 18.2. The van der Waals surface area contributed by atoms with Gasteiger partial charge in [-0.15, -0.1) is 0 Å². The largest absolute Gasteiger partial charge is 0.324 e. The number of urea groups is 1. The molecule has 2 aliphatic rings. The third-order valence-electron chi connectivity index (χ3n) is 5.93. The Bertz CT molecular complexity index is 1080. The van der Waals surface area contributed by atoms with Gasteiger partial charge in [-0.05, 0) is 48.2 Å². The van der Waals surface area contributed by atoms with E-state index >= 15 is 0 Å². The van der Waals surface area contributed by atoms with E-state index < -0.39 is 6.04 Å². The predicted molar refractivity (Wildman–Crippen MR) is 116 cm³/mol. The molecule has 1 aliphatic carbocycles. The van der Waals surface area contributed by atoms with Crippen LogP contribution < -0.4 is 5.32 Å². The van der Waals surface area contributed by atoms with Gasteiger partial charge in [-0.1, -0.05) is 24.3 Å². The van der Waals surface area contributed by atoms with Crippen LogP contribution in [-0.4, -0.2) is 46.4 Å². The van der Waals surface area contributed by atoms with Crippen LogP contribution in [0.2, 0.25) is 0 Å². The molecular weight excluding hydrogens is 394 g/mol. The number of fused-ring (bicyclic) bond motifs is 1. The molecule has 1 saturated carbocycles. The molecule has 3 amide bonds. The van der Waals surface area contributed by atoms with Crippen molar-refractivity contribution in [2.75, 3.05) is 12.4 Å². The van der Waals surface area contributed by atoms with Gasteiger partial charge in [0, 0.05) is 37.8 Å². The van der Waals surface area contributed by atoms with E-state index in [0.29, 0.717) is 31.5 Å². The standard InChI is InChI=1S/C24H25N3O4/c1-15-5-3-7-17(11-15)25-24(31)26(2)13-16-6-4-8-19-20(16)14-27(23(19)30)21-10-9-18(28)12-22(21)29/h3-8,11,21H,9-10,12-14H2,1-2H3,(H,25,31). The number of rotatable bonds is 4. The molecule has 1 unspecified atom stereocenters. The van der Waals surface area contributed by atoms with Gasteiger partial charge in [0.15, 0.2) is 5.78 Å². The highest BCUT2D eigenvalue weighted by Gasteiger charge is 2.39. The molecule has 1 heterocycles. The minimum Gasteiger partial charge on any atom is -0.324 e. The fourth-order valence-electron chi connectivity index (χ4n) is 4.28. The van der Waals surface area contributed by atoms with Crippen LogP contribution in [0.15, 0.2) is 42.5 Å². The summed E-state index contributed by atoms with van der Waals surface area (Å²) in [5.74, 6) is -0.433. The molecule has 7 nitrogen and oxygen atoms in total. The summed E-state index contributed by atoms with van der Waals surface area (Å²) in [4.78, 5) is 52.7. The van der Waals surface area contributed by atoms with Crippen LogP contribution in [0.25, 0.3) is 0 Å². The van der Waals surface area contributed by atoms with Crippen LogP contribution >= 0.6 is 0 Å². The van der Waals surface area contributed by atoms with Gasteiger partial charge in [0.2, 0.25) is 0 Å². The first-order valence-electron chi connectivity index (χ1n) is 10.4. The van der Waals surface area contributed by atoms with Crippen molar-refractivity contribution < 1.29 is 19.2 Å². The van der Waals surface area contributed by atoms with E-state index in [1.807, 2.05) is 37.3 Å². The summed E-state index contributed by atoms with van der Waals surface area (Å²) in [7, 11) is 1.70. The van der Waals surface area contributed by atoms with Crippen molar-refractivity contribution in [1.82, 2.24) is 9.80 Å². The van der Waals surface area contributed by atoms with Crippen molar-refractivity contribution in [2.24, 2.45) is 0 Å². The molecule has 31 heavy (non-hydrogen) atoms. The van der Waals surface area contributed by atoms with Crippen LogP contribution in [0, 0.1) is 6.92 Å². The Labute approximate surface area is 181 Å². The molecule has 0 saturated heterocycles. The van der Waals surface area contributed by atoms with E-state index in [9.17, 15) is 19.2 Å². The zero-order valence-corrected chi connectivity index (χ0v) is 17.7. The highest BCUT2D eigenvalue weighted by atomic mass is 16.2. The number of hydrogen-bond acceptors (Lipinski definition) is 4. The van der Waals surface area contributed by atoms with Gasteiger partial charge in [-0.3, -0.25) is 14.4 Å². The Morgan fingerprint density at radius 1 is 1.16 bits per heavy atom. The van der Waals surface area contributed by atoms with E-state index in [-0.39, 0.29) is 29.9 Å². The summed E-state index contributed by atoms with van der Waals surface area (Å²) in [6.45, 7) is 2.61. The van der Waals surface area contributed by atoms with E-state index in [1.165, 1.54) is 0 Å². The lowest BCUT2D eigenvalue weighted by molar-refractivity contribution is -0.133. The first-order chi connectivity index (χ1) is 14.8. The Balaban J connectivity index is 1.49. The van der Waals surface area contributed by atoms with Crippen molar-refractivity contribution in [3.05, 3.63) is 64.7 Å². The number of carbonyl (C=O) groups is 4. The molecule has 1 atom stereocenters. The van der Waals surface area contributed by atoms with E-state index in [2.05, 4.69) is 5.32 Å². The molecule has 7 heteroatoms. The number of anilines is 1. The molecule has 1 aliphatic heterocycles. The lowest BCUT2D eigenvalue weighted by Crippen LogP contribution is -2.44. The maximum atomic E-state index is 13.0. The van der Waals surface area contributed by atoms with Gasteiger partial charge in [-0.2, -0.15) is 0 Å². The minimum atomic E-state index is -0.548. The second-order valence-corrected chi connectivity index (χ2v) is 8.27. The third kappa shape index (κ3) is 4.21. The van der Waals surface area contributed by atoms with Gasteiger partial charge in [0.25, 0.3) is 5.91 Å². The molecule has 0 aromatic heterocycles. The van der Waals surface area contributed by atoms with Crippen molar-refractivity contribution >= 4 is 29.2 Å². The maximum Gasteiger partial charge on any atom is 0.321 e. The molecule has 0 bridgehead atoms. The summed E-state index contributed by atoms with van der Waals surface area (Å²) in [6.07, 6.45) is 0.607. The van der Waals surface area contributed by atoms with Crippen LogP contribution in [0.3, 0.4) is 0 Å². The van der Waals surface area contributed by atoms with E-state index in [1.54, 1.807) is 29.0 Å². The number of carbonyl (C=O) groups excluding carboxylic acids is 4. The zero-order valence-electron chi connectivity index (χ0n) is 17.7. The molecule has 1 fully saturated rings. The average Bonchev–Trinajstić information content (AvgIpc) is 3.05. The van der Waals surface area contributed by atoms with Crippen LogP contribution in [0.1, 0.15) is 46.3 Å². The van der Waals surface area contributed by atoms with Crippen molar-refractivity contribution in [2.45, 2.75) is 45.3 Å². The molecule has 0 spiro atoms. The third-order valence-corrected chi connectivity index (χ3v) is 5.93. The number of Topliss-reactive ketones (excluding diaryl/α,β-unsaturated/α-hetero) is 2. The second kappa shape index (κ2) is 8.34. The molecule has 4 rings (SSSR count). The Hall–Kier alpha value is -3.48. The second-order valence-electron chi connectivity index (χ2n) is 8.27. The number of amides is 3. The predicted octanol–water partition coefficient (Wildman–Crippen LogP) is 3.31. The molecule has 160 valence electrons. The Morgan fingerprint density at radius 3 is 2.68 bits per heavy atom. The summed E-state index contributed by atoms with van der Waals surface area (Å²) in [5.41, 5.74) is 4.05. The highest BCUT2D eigenvalue weighted by Crippen LogP contribution is 2.31. The van der Waals surface area contributed by atoms with Gasteiger partial charge in [-0.25, -0.2) is 4.79 Å². The molecule has 2 aromatic rings. The number of aryl methyl sites for hydroxylation is 1. The molecule has 1 N–H and O–H groups in total.